The molecular weight excluding hydrogens is 340 g/mol. The SMILES string of the molecule is COCCCC[C@@](O)(c1ccccc1Oc1ccncc1)[C@@H]1CCCNC1. The van der Waals surface area contributed by atoms with E-state index in [1.165, 1.54) is 0 Å². The number of hydrogen-bond donors (Lipinski definition) is 2. The first-order valence-corrected chi connectivity index (χ1v) is 9.83. The average molecular weight is 370 g/mol. The quantitative estimate of drug-likeness (QED) is 0.656. The summed E-state index contributed by atoms with van der Waals surface area (Å²) in [4.78, 5) is 4.04. The number of pyridine rings is 1. The van der Waals surface area contributed by atoms with E-state index in [9.17, 15) is 5.11 Å². The Morgan fingerprint density at radius 2 is 2.00 bits per heavy atom. The summed E-state index contributed by atoms with van der Waals surface area (Å²) >= 11 is 0. The monoisotopic (exact) mass is 370 g/mol. The third-order valence-corrected chi connectivity index (χ3v) is 5.36. The first-order chi connectivity index (χ1) is 13.2. The number of nitrogens with zero attached hydrogens (tertiary/aromatic N) is 1. The first kappa shape index (κ1) is 19.8. The summed E-state index contributed by atoms with van der Waals surface area (Å²) < 4.78 is 11.3. The van der Waals surface area contributed by atoms with Crippen molar-refractivity contribution in [2.75, 3.05) is 26.8 Å². The summed E-state index contributed by atoms with van der Waals surface area (Å²) in [7, 11) is 1.72. The number of aliphatic hydroxyl groups is 1. The van der Waals surface area contributed by atoms with Crippen LogP contribution in [0.15, 0.2) is 48.8 Å². The molecule has 5 nitrogen and oxygen atoms in total. The second-order valence-electron chi connectivity index (χ2n) is 7.20. The van der Waals surface area contributed by atoms with Crippen molar-refractivity contribution in [2.45, 2.75) is 37.7 Å². The summed E-state index contributed by atoms with van der Waals surface area (Å²) in [5.74, 6) is 1.60. The number of methoxy groups -OCH3 is 1. The first-order valence-electron chi connectivity index (χ1n) is 9.83. The summed E-state index contributed by atoms with van der Waals surface area (Å²) in [5.41, 5.74) is -0.0574. The van der Waals surface area contributed by atoms with E-state index in [1.54, 1.807) is 19.5 Å². The number of hydrogen-bond acceptors (Lipinski definition) is 5. The van der Waals surface area contributed by atoms with Crippen molar-refractivity contribution in [2.24, 2.45) is 5.92 Å². The van der Waals surface area contributed by atoms with Crippen molar-refractivity contribution in [3.05, 3.63) is 54.4 Å². The fourth-order valence-electron chi connectivity index (χ4n) is 3.91. The predicted molar refractivity (Wildman–Crippen MR) is 106 cm³/mol. The molecule has 1 aromatic carbocycles. The van der Waals surface area contributed by atoms with E-state index >= 15 is 0 Å². The van der Waals surface area contributed by atoms with Gasteiger partial charge in [0.2, 0.25) is 0 Å². The molecule has 1 aliphatic heterocycles. The molecule has 1 saturated heterocycles. The Hall–Kier alpha value is -1.95. The van der Waals surface area contributed by atoms with Gasteiger partial charge in [-0.25, -0.2) is 0 Å². The molecule has 0 radical (unpaired) electrons. The highest BCUT2D eigenvalue weighted by molar-refractivity contribution is 5.41. The lowest BCUT2D eigenvalue weighted by atomic mass is 9.74. The number of piperidine rings is 1. The number of aromatic nitrogens is 1. The lowest BCUT2D eigenvalue weighted by Gasteiger charge is -2.40. The van der Waals surface area contributed by atoms with Crippen molar-refractivity contribution in [3.8, 4) is 11.5 Å². The molecule has 2 N–H and O–H groups in total. The molecule has 2 heterocycles. The van der Waals surface area contributed by atoms with E-state index in [2.05, 4.69) is 10.3 Å². The minimum Gasteiger partial charge on any atom is -0.457 e. The van der Waals surface area contributed by atoms with Gasteiger partial charge in [-0.2, -0.15) is 0 Å². The molecule has 0 spiro atoms. The molecule has 1 fully saturated rings. The van der Waals surface area contributed by atoms with Crippen LogP contribution in [0, 0.1) is 5.92 Å². The summed E-state index contributed by atoms with van der Waals surface area (Å²) in [6.45, 7) is 2.56. The second-order valence-corrected chi connectivity index (χ2v) is 7.20. The zero-order valence-electron chi connectivity index (χ0n) is 16.1. The molecular formula is C22H30N2O3. The van der Waals surface area contributed by atoms with Gasteiger partial charge in [-0.15, -0.1) is 0 Å². The maximum atomic E-state index is 11.9. The number of rotatable bonds is 9. The van der Waals surface area contributed by atoms with Gasteiger partial charge in [-0.3, -0.25) is 4.98 Å². The summed E-state index contributed by atoms with van der Waals surface area (Å²) in [5, 5.41) is 15.3. The normalized spacial score (nSPS) is 19.4. The molecule has 0 amide bonds. The Morgan fingerprint density at radius 3 is 2.74 bits per heavy atom. The van der Waals surface area contributed by atoms with Gasteiger partial charge in [-0.1, -0.05) is 18.2 Å². The fourth-order valence-corrected chi connectivity index (χ4v) is 3.91. The van der Waals surface area contributed by atoms with Crippen LogP contribution in [0.25, 0.3) is 0 Å². The number of unbranched alkanes of at least 4 members (excludes halogenated alkanes) is 1. The maximum Gasteiger partial charge on any atom is 0.133 e. The Labute approximate surface area is 161 Å². The molecule has 27 heavy (non-hydrogen) atoms. The van der Waals surface area contributed by atoms with E-state index in [4.69, 9.17) is 9.47 Å². The molecule has 1 aliphatic rings. The van der Waals surface area contributed by atoms with E-state index in [1.807, 2.05) is 36.4 Å². The van der Waals surface area contributed by atoms with Gasteiger partial charge in [0, 0.05) is 44.1 Å². The van der Waals surface area contributed by atoms with E-state index in [0.717, 1.165) is 50.1 Å². The van der Waals surface area contributed by atoms with Crippen LogP contribution in [0.1, 0.15) is 37.7 Å². The van der Waals surface area contributed by atoms with Crippen molar-refractivity contribution in [1.29, 1.82) is 0 Å². The van der Waals surface area contributed by atoms with Gasteiger partial charge in [0.25, 0.3) is 0 Å². The van der Waals surface area contributed by atoms with Gasteiger partial charge in [-0.05, 0) is 56.8 Å². The van der Waals surface area contributed by atoms with Crippen LogP contribution in [0.3, 0.4) is 0 Å². The molecule has 2 atom stereocenters. The number of para-hydroxylation sites is 1. The second kappa shape index (κ2) is 9.83. The molecule has 0 saturated carbocycles. The maximum absolute atomic E-state index is 11.9. The largest absolute Gasteiger partial charge is 0.457 e. The lowest BCUT2D eigenvalue weighted by molar-refractivity contribution is -0.0446. The van der Waals surface area contributed by atoms with Crippen LogP contribution in [0.5, 0.6) is 11.5 Å². The molecule has 146 valence electrons. The van der Waals surface area contributed by atoms with Crippen LogP contribution in [-0.4, -0.2) is 36.9 Å². The number of benzene rings is 1. The molecule has 0 bridgehead atoms. The predicted octanol–water partition coefficient (Wildman–Crippen LogP) is 3.88. The highest BCUT2D eigenvalue weighted by Crippen LogP contribution is 2.43. The van der Waals surface area contributed by atoms with Gasteiger partial charge in [0.05, 0.1) is 5.60 Å². The standard InChI is InChI=1S/C22H30N2O3/c1-26-16-5-4-12-22(25,18-7-6-13-24-17-18)20-8-2-3-9-21(20)27-19-10-14-23-15-11-19/h2-3,8-11,14-15,18,24-25H,4-7,12-13,16-17H2,1H3/t18-,22+/m1/s1. The van der Waals surface area contributed by atoms with Crippen molar-refractivity contribution < 1.29 is 14.6 Å². The zero-order valence-corrected chi connectivity index (χ0v) is 16.1. The number of ether oxygens (including phenoxy) is 2. The number of nitrogens with one attached hydrogen (secondary N) is 1. The van der Waals surface area contributed by atoms with Crippen LogP contribution < -0.4 is 10.1 Å². The molecule has 0 unspecified atom stereocenters. The molecule has 0 aliphatic carbocycles. The lowest BCUT2D eigenvalue weighted by Crippen LogP contribution is -2.44. The van der Waals surface area contributed by atoms with Gasteiger partial charge < -0.3 is 19.9 Å². The van der Waals surface area contributed by atoms with Crippen molar-refractivity contribution in [1.82, 2.24) is 10.3 Å². The van der Waals surface area contributed by atoms with Crippen molar-refractivity contribution in [3.63, 3.8) is 0 Å². The van der Waals surface area contributed by atoms with Gasteiger partial charge >= 0.3 is 0 Å². The zero-order chi connectivity index (χ0) is 19.0. The minimum absolute atomic E-state index is 0.163. The Morgan fingerprint density at radius 1 is 1.19 bits per heavy atom. The molecule has 2 aromatic rings. The highest BCUT2D eigenvalue weighted by atomic mass is 16.5. The Kier molecular flexibility index (Phi) is 7.21. The van der Waals surface area contributed by atoms with E-state index < -0.39 is 5.60 Å². The third kappa shape index (κ3) is 5.06. The molecule has 1 aromatic heterocycles. The summed E-state index contributed by atoms with van der Waals surface area (Å²) in [6, 6.07) is 11.5. The van der Waals surface area contributed by atoms with E-state index in [-0.39, 0.29) is 5.92 Å². The van der Waals surface area contributed by atoms with Crippen LogP contribution in [-0.2, 0) is 10.3 Å². The highest BCUT2D eigenvalue weighted by Gasteiger charge is 2.40. The Bertz CT molecular complexity index is 689. The molecule has 5 heteroatoms. The van der Waals surface area contributed by atoms with Gasteiger partial charge in [0.15, 0.2) is 0 Å². The van der Waals surface area contributed by atoms with Crippen LogP contribution in [0.2, 0.25) is 0 Å². The van der Waals surface area contributed by atoms with Crippen LogP contribution >= 0.6 is 0 Å². The smallest absolute Gasteiger partial charge is 0.133 e. The average Bonchev–Trinajstić information content (AvgIpc) is 2.73. The molecule has 3 rings (SSSR count). The fraction of sp³-hybridized carbons (Fsp3) is 0.500. The minimum atomic E-state index is -0.926. The topological polar surface area (TPSA) is 63.6 Å². The van der Waals surface area contributed by atoms with E-state index in [0.29, 0.717) is 18.8 Å². The van der Waals surface area contributed by atoms with Crippen LogP contribution in [0.4, 0.5) is 0 Å². The third-order valence-electron chi connectivity index (χ3n) is 5.36. The van der Waals surface area contributed by atoms with Crippen molar-refractivity contribution >= 4 is 0 Å². The Balaban J connectivity index is 1.88. The van der Waals surface area contributed by atoms with Gasteiger partial charge in [0.1, 0.15) is 11.5 Å². The summed E-state index contributed by atoms with van der Waals surface area (Å²) in [6.07, 6.45) is 8.05.